The van der Waals surface area contributed by atoms with Gasteiger partial charge in [-0.2, -0.15) is 22.8 Å². The van der Waals surface area contributed by atoms with Crippen LogP contribution < -0.4 is 14.9 Å². The Labute approximate surface area is 243 Å². The number of hydrogen-bond donors (Lipinski definition) is 1. The summed E-state index contributed by atoms with van der Waals surface area (Å²) < 4.78 is 49.0. The normalized spacial score (nSPS) is 12.3. The number of halogens is 3. The summed E-state index contributed by atoms with van der Waals surface area (Å²) in [7, 11) is 1.60. The van der Waals surface area contributed by atoms with Crippen LogP contribution >= 0.6 is 11.3 Å². The van der Waals surface area contributed by atoms with Gasteiger partial charge in [0.05, 0.1) is 17.9 Å². The summed E-state index contributed by atoms with van der Waals surface area (Å²) in [5.74, 6) is -0.363. The first-order valence-corrected chi connectivity index (χ1v) is 14.2. The first kappa shape index (κ1) is 29.1. The molecule has 0 unspecified atom stereocenters. The maximum Gasteiger partial charge on any atom is 0.435 e. The fraction of sp³-hybridized carbons (Fsp3) is 0.267. The number of ether oxygens (including phenoxy) is 1. The van der Waals surface area contributed by atoms with Crippen LogP contribution in [0.5, 0.6) is 5.75 Å². The topological polar surface area (TPSA) is 92.9 Å². The van der Waals surface area contributed by atoms with Crippen LogP contribution in [-0.2, 0) is 6.18 Å². The highest BCUT2D eigenvalue weighted by molar-refractivity contribution is 7.16. The van der Waals surface area contributed by atoms with Gasteiger partial charge >= 0.3 is 12.1 Å². The molecule has 0 saturated carbocycles. The van der Waals surface area contributed by atoms with Crippen LogP contribution in [0.1, 0.15) is 47.6 Å². The number of benzene rings is 2. The number of nitrogens with zero attached hydrogens (tertiary/aromatic N) is 5. The summed E-state index contributed by atoms with van der Waals surface area (Å²) in [5, 5.41) is 20.8. The Morgan fingerprint density at radius 3 is 2.50 bits per heavy atom. The van der Waals surface area contributed by atoms with E-state index in [0.29, 0.717) is 16.2 Å². The molecule has 0 aliphatic heterocycles. The highest BCUT2D eigenvalue weighted by Crippen LogP contribution is 2.38. The van der Waals surface area contributed by atoms with Gasteiger partial charge in [-0.25, -0.2) is 4.79 Å². The van der Waals surface area contributed by atoms with Gasteiger partial charge in [0.15, 0.2) is 17.2 Å². The van der Waals surface area contributed by atoms with E-state index in [1.165, 1.54) is 41.7 Å². The molecule has 3 heterocycles. The molecule has 0 radical (unpaired) electrons. The Hall–Kier alpha value is -4.45. The first-order chi connectivity index (χ1) is 20.1. The monoisotopic (exact) mass is 595 g/mol. The van der Waals surface area contributed by atoms with Crippen molar-refractivity contribution in [2.75, 3.05) is 25.1 Å². The predicted octanol–water partition coefficient (Wildman–Crippen LogP) is 6.42. The Balaban J connectivity index is 1.54. The first-order valence-electron chi connectivity index (χ1n) is 13.4. The van der Waals surface area contributed by atoms with E-state index in [1.54, 1.807) is 13.2 Å². The number of thiophene rings is 1. The average Bonchev–Trinajstić information content (AvgIpc) is 3.70. The summed E-state index contributed by atoms with van der Waals surface area (Å²) in [4.78, 5) is 14.9. The second-order valence-electron chi connectivity index (χ2n) is 9.57. The van der Waals surface area contributed by atoms with Crippen molar-refractivity contribution in [3.63, 3.8) is 0 Å². The summed E-state index contributed by atoms with van der Waals surface area (Å²) in [6.45, 7) is 6.06. The van der Waals surface area contributed by atoms with Crippen LogP contribution in [0.4, 0.5) is 18.9 Å². The van der Waals surface area contributed by atoms with E-state index in [9.17, 15) is 18.0 Å². The van der Waals surface area contributed by atoms with Crippen LogP contribution in [0, 0.1) is 0 Å². The number of aromatic nitrogens is 4. The molecule has 1 N–H and O–H groups in total. The molecule has 0 aliphatic carbocycles. The number of aromatic carboxylic acids is 1. The number of anilines is 1. The molecule has 0 spiro atoms. The van der Waals surface area contributed by atoms with Gasteiger partial charge < -0.3 is 14.7 Å². The maximum atomic E-state index is 14.1. The number of unbranched alkanes of at least 4 members (excludes halogenated alkanes) is 1. The average molecular weight is 596 g/mol. The summed E-state index contributed by atoms with van der Waals surface area (Å²) in [6.07, 6.45) is -1.15. The van der Waals surface area contributed by atoms with Crippen LogP contribution in [0.25, 0.3) is 33.6 Å². The minimum atomic E-state index is -4.74. The van der Waals surface area contributed by atoms with Crippen LogP contribution in [-0.4, -0.2) is 51.1 Å². The molecule has 0 fully saturated rings. The number of carboxylic acids is 1. The van der Waals surface area contributed by atoms with E-state index in [2.05, 4.69) is 34.0 Å². The molecule has 8 nitrogen and oxygen atoms in total. The smallest absolute Gasteiger partial charge is 0.435 e. The second-order valence-corrected chi connectivity index (χ2v) is 10.7. The van der Waals surface area contributed by atoms with Crippen LogP contribution in [0.15, 0.2) is 54.6 Å². The van der Waals surface area contributed by atoms with Gasteiger partial charge in [-0.3, -0.25) is 0 Å². The molecule has 42 heavy (non-hydrogen) atoms. The van der Waals surface area contributed by atoms with Crippen molar-refractivity contribution in [1.82, 2.24) is 19.8 Å². The second kappa shape index (κ2) is 11.8. The summed E-state index contributed by atoms with van der Waals surface area (Å²) in [5.41, 5.74) is 1.18. The molecular weight excluding hydrogens is 567 g/mol. The minimum absolute atomic E-state index is 0.0407. The lowest BCUT2D eigenvalue weighted by atomic mass is 10.1. The lowest BCUT2D eigenvalue weighted by Crippen LogP contribution is -2.23. The van der Waals surface area contributed by atoms with E-state index in [-0.39, 0.29) is 22.3 Å². The Bertz CT molecular complexity index is 1780. The van der Waals surface area contributed by atoms with Crippen LogP contribution in [0.3, 0.4) is 0 Å². The highest BCUT2D eigenvalue weighted by atomic mass is 32.1. The number of rotatable bonds is 10. The van der Waals surface area contributed by atoms with Gasteiger partial charge in [-0.05, 0) is 55.8 Å². The highest BCUT2D eigenvalue weighted by Gasteiger charge is 2.37. The zero-order chi connectivity index (χ0) is 30.0. The SMILES string of the molecule is CCCCN(CC)c1ccc(-c2ccc(/C=c3/c(C(F)(F)F)nn4c(-c5ccc(C(=O)O)cc5)nnc34)s2)c(OC)c1. The van der Waals surface area contributed by atoms with Gasteiger partial charge in [-0.1, -0.05) is 25.5 Å². The van der Waals surface area contributed by atoms with Gasteiger partial charge in [0.1, 0.15) is 5.75 Å². The van der Waals surface area contributed by atoms with Gasteiger partial charge in [0.25, 0.3) is 0 Å². The minimum Gasteiger partial charge on any atom is -0.496 e. The van der Waals surface area contributed by atoms with Crippen LogP contribution in [0.2, 0.25) is 0 Å². The Morgan fingerprint density at radius 1 is 1.10 bits per heavy atom. The van der Waals surface area contributed by atoms with Crippen molar-refractivity contribution in [3.8, 4) is 27.6 Å². The van der Waals surface area contributed by atoms with Gasteiger partial charge in [0.2, 0.25) is 0 Å². The number of alkyl halides is 3. The molecule has 0 atom stereocenters. The molecule has 2 aromatic carbocycles. The van der Waals surface area contributed by atoms with Crippen molar-refractivity contribution in [2.45, 2.75) is 32.9 Å². The number of carboxylic acid groups (broad SMARTS) is 1. The number of fused-ring (bicyclic) bond motifs is 1. The van der Waals surface area contributed by atoms with Crippen molar-refractivity contribution < 1.29 is 27.8 Å². The largest absolute Gasteiger partial charge is 0.496 e. The van der Waals surface area contributed by atoms with E-state index in [4.69, 9.17) is 9.84 Å². The zero-order valence-electron chi connectivity index (χ0n) is 23.1. The van der Waals surface area contributed by atoms with Gasteiger partial charge in [0, 0.05) is 45.7 Å². The maximum absolute atomic E-state index is 14.1. The molecule has 0 amide bonds. The lowest BCUT2D eigenvalue weighted by molar-refractivity contribution is -0.142. The number of methoxy groups -OCH3 is 1. The third-order valence-electron chi connectivity index (χ3n) is 6.89. The quantitative estimate of drug-likeness (QED) is 0.199. The standard InChI is InChI=1S/C30H28F3N5O3S/c1-4-6-15-37(5-2)20-11-13-22(24(16-20)41-3)25-14-12-21(42-25)17-23-26(30(31,32)33)36-38-27(34-35-28(23)38)18-7-9-19(10-8-18)29(39)40/h7-14,16-17H,4-6,15H2,1-3H3,(H,39,40)/b23-17-. The van der Waals surface area contributed by atoms with Crippen molar-refractivity contribution in [3.05, 3.63) is 76.0 Å². The fourth-order valence-electron chi connectivity index (χ4n) is 4.70. The lowest BCUT2D eigenvalue weighted by Gasteiger charge is -2.24. The molecule has 218 valence electrons. The molecule has 5 aromatic rings. The van der Waals surface area contributed by atoms with Gasteiger partial charge in [-0.15, -0.1) is 21.5 Å². The zero-order valence-corrected chi connectivity index (χ0v) is 24.0. The Morgan fingerprint density at radius 2 is 1.86 bits per heavy atom. The van der Waals surface area contributed by atoms with Crippen molar-refractivity contribution in [1.29, 1.82) is 0 Å². The van der Waals surface area contributed by atoms with Crippen molar-refractivity contribution in [2.24, 2.45) is 0 Å². The number of hydrogen-bond acceptors (Lipinski definition) is 7. The molecular formula is C30H28F3N5O3S. The third-order valence-corrected chi connectivity index (χ3v) is 7.95. The van der Waals surface area contributed by atoms with E-state index in [0.717, 1.165) is 46.6 Å². The molecule has 5 rings (SSSR count). The molecule has 3 aromatic heterocycles. The predicted molar refractivity (Wildman–Crippen MR) is 156 cm³/mol. The fourth-order valence-corrected chi connectivity index (χ4v) is 5.68. The Kier molecular flexibility index (Phi) is 8.17. The third kappa shape index (κ3) is 5.67. The molecule has 0 saturated heterocycles. The molecule has 0 bridgehead atoms. The van der Waals surface area contributed by atoms with E-state index < -0.39 is 17.8 Å². The van der Waals surface area contributed by atoms with E-state index in [1.807, 2.05) is 24.3 Å². The van der Waals surface area contributed by atoms with E-state index >= 15 is 0 Å². The summed E-state index contributed by atoms with van der Waals surface area (Å²) in [6, 6.07) is 15.2. The number of carbonyl (C=O) groups is 1. The van der Waals surface area contributed by atoms with Crippen molar-refractivity contribution >= 4 is 34.7 Å². The molecule has 12 heteroatoms. The molecule has 0 aliphatic rings. The summed E-state index contributed by atoms with van der Waals surface area (Å²) >= 11 is 1.33.